The molecular weight excluding hydrogens is 993 g/mol. The Labute approximate surface area is 444 Å². The second-order valence-electron chi connectivity index (χ2n) is 19.1. The fourth-order valence-electron chi connectivity index (χ4n) is 8.91. The normalized spacial score (nSPS) is 13.2. The molecule has 4 aromatic carbocycles. The zero-order valence-corrected chi connectivity index (χ0v) is 44.0. The van der Waals surface area contributed by atoms with E-state index in [1.807, 2.05) is 103 Å². The predicted molar refractivity (Wildman–Crippen MR) is 305 cm³/mol. The van der Waals surface area contributed by atoms with Crippen LogP contribution in [0.5, 0.6) is 0 Å². The van der Waals surface area contributed by atoms with Gasteiger partial charge in [-0.05, 0) is 104 Å². The Balaban J connectivity index is 0.000000126. The number of pyridine rings is 2. The Kier molecular flexibility index (Phi) is 14.7. The fourth-order valence-corrected chi connectivity index (χ4v) is 8.91. The first-order chi connectivity index (χ1) is 37.3. The largest absolute Gasteiger partial charge is 0.352 e. The summed E-state index contributed by atoms with van der Waals surface area (Å²) in [5, 5.41) is 15.4. The van der Waals surface area contributed by atoms with E-state index in [0.29, 0.717) is 33.7 Å². The highest BCUT2D eigenvalue weighted by atomic mass is 16.2. The van der Waals surface area contributed by atoms with Gasteiger partial charge in [0.2, 0.25) is 0 Å². The van der Waals surface area contributed by atoms with Gasteiger partial charge in [-0.25, -0.2) is 9.97 Å². The zero-order chi connectivity index (χ0) is 55.7. The summed E-state index contributed by atoms with van der Waals surface area (Å²) in [6.07, 6.45) is 6.18. The molecule has 6 N–H and O–H groups in total. The third-order valence-electron chi connectivity index (χ3n) is 14.1. The van der Waals surface area contributed by atoms with Crippen molar-refractivity contribution in [2.24, 2.45) is 0 Å². The molecule has 4 atom stereocenters. The highest BCUT2D eigenvalue weighted by Gasteiger charge is 2.24. The highest BCUT2D eigenvalue weighted by molar-refractivity contribution is 6.07. The first-order valence-corrected chi connectivity index (χ1v) is 25.1. The van der Waals surface area contributed by atoms with Crippen molar-refractivity contribution >= 4 is 113 Å². The van der Waals surface area contributed by atoms with E-state index in [-0.39, 0.29) is 45.4 Å². The lowest BCUT2D eigenvalue weighted by Crippen LogP contribution is -2.30. The molecule has 4 unspecified atom stereocenters. The summed E-state index contributed by atoms with van der Waals surface area (Å²) in [7, 11) is 0. The summed E-state index contributed by atoms with van der Waals surface area (Å²) < 4.78 is 5.62. The molecular formula is C58H56N12O8. The van der Waals surface area contributed by atoms with Crippen LogP contribution in [0, 0.1) is 0 Å². The molecule has 0 saturated heterocycles. The first-order valence-electron chi connectivity index (χ1n) is 25.1. The van der Waals surface area contributed by atoms with Crippen molar-refractivity contribution in [1.29, 1.82) is 0 Å². The topological polar surface area (TPSA) is 262 Å². The Morgan fingerprint density at radius 3 is 1.40 bits per heavy atom. The Morgan fingerprint density at radius 1 is 0.397 bits per heavy atom. The molecule has 12 rings (SSSR count). The highest BCUT2D eigenvalue weighted by Crippen LogP contribution is 2.37. The summed E-state index contributed by atoms with van der Waals surface area (Å²) in [6.45, 7) is 12.7. The molecule has 0 saturated carbocycles. The van der Waals surface area contributed by atoms with E-state index in [1.165, 1.54) is 58.6 Å². The Bertz CT molecular complexity index is 4000. The average Bonchev–Trinajstić information content (AvgIpc) is 4.08. The van der Waals surface area contributed by atoms with Gasteiger partial charge in [-0.1, -0.05) is 60.7 Å². The molecule has 6 aromatic heterocycles. The SMILES string of the molecule is CC(=O)C(C)n1ccc2c([nH]c3ccccc32)c1=O.CC(=O)C(C)n1ccc2c(c1=O)Nc1ccccc1N2.CC(=O)C(C)n1cnc2c([nH]c3ccccc32)c1=O.CC(=O)C(C)n1cnc2c(c1=O)Nc1ccccc1N2. The van der Waals surface area contributed by atoms with Crippen molar-refractivity contribution in [2.75, 3.05) is 21.3 Å². The standard InChI is InChI=1S/C15H15N3O2.C15H14N2O2.C14H14N4O2.C14H13N3O2/c1-9(10(2)19)18-8-7-13-14(15(18)20)17-12-6-4-3-5-11(12)16-13;1-9(10(2)18)17-8-7-12-11-5-3-4-6-13(11)16-14(12)15(17)19;1-8(9(2)19)18-7-15-13-12(14(18)20)16-10-5-3-4-6-11(10)17-13;1-8(9(2)18)17-7-15-12-10-5-3-4-6-11(10)16-13(12)14(17)19/h3-9,16-17H,1-2H3;3-9,16H,1-2H3;3-8,16-17H,1-2H3;3-8,16H,1-2H3. The minimum Gasteiger partial charge on any atom is -0.352 e. The summed E-state index contributed by atoms with van der Waals surface area (Å²) in [4.78, 5) is 110. The van der Waals surface area contributed by atoms with Gasteiger partial charge < -0.3 is 40.4 Å². The number of carbonyl (C=O) groups excluding carboxylic acids is 4. The molecule has 396 valence electrons. The van der Waals surface area contributed by atoms with Gasteiger partial charge in [0.15, 0.2) is 29.0 Å². The number of hydrogen-bond donors (Lipinski definition) is 6. The second kappa shape index (κ2) is 21.7. The number of Topliss-reactive ketones (excluding diaryl/α,β-unsaturated/α-hetero) is 4. The van der Waals surface area contributed by atoms with Crippen LogP contribution in [0.4, 0.5) is 45.6 Å². The zero-order valence-electron chi connectivity index (χ0n) is 44.0. The minimum atomic E-state index is -0.528. The van der Waals surface area contributed by atoms with E-state index < -0.39 is 24.2 Å². The van der Waals surface area contributed by atoms with Gasteiger partial charge in [0.05, 0.1) is 58.9 Å². The summed E-state index contributed by atoms with van der Waals surface area (Å²) in [6, 6.07) is 32.4. The van der Waals surface area contributed by atoms with Gasteiger partial charge in [0.1, 0.15) is 34.3 Å². The lowest BCUT2D eigenvalue weighted by Gasteiger charge is -2.24. The van der Waals surface area contributed by atoms with Crippen LogP contribution in [0.2, 0.25) is 0 Å². The van der Waals surface area contributed by atoms with E-state index in [4.69, 9.17) is 0 Å². The van der Waals surface area contributed by atoms with E-state index in [2.05, 4.69) is 41.2 Å². The molecule has 0 amide bonds. The lowest BCUT2D eigenvalue weighted by atomic mass is 10.1. The molecule has 0 radical (unpaired) electrons. The number of nitrogens with one attached hydrogen (secondary N) is 6. The Hall–Kier alpha value is -9.98. The second-order valence-corrected chi connectivity index (χ2v) is 19.1. The quantitative estimate of drug-likeness (QED) is 0.0828. The van der Waals surface area contributed by atoms with Gasteiger partial charge in [0, 0.05) is 39.6 Å². The van der Waals surface area contributed by atoms with Crippen molar-refractivity contribution in [3.63, 3.8) is 0 Å². The summed E-state index contributed by atoms with van der Waals surface area (Å²) >= 11 is 0. The average molecular weight is 1050 g/mol. The first kappa shape index (κ1) is 52.9. The maximum absolute atomic E-state index is 12.5. The molecule has 8 heterocycles. The van der Waals surface area contributed by atoms with E-state index in [9.17, 15) is 38.4 Å². The number of fused-ring (bicyclic) bond motifs is 10. The molecule has 78 heavy (non-hydrogen) atoms. The van der Waals surface area contributed by atoms with Crippen molar-refractivity contribution in [3.05, 3.63) is 176 Å². The summed E-state index contributed by atoms with van der Waals surface area (Å²) in [5.41, 5.74) is 7.62. The predicted octanol–water partition coefficient (Wildman–Crippen LogP) is 9.65. The van der Waals surface area contributed by atoms with Gasteiger partial charge in [-0.15, -0.1) is 0 Å². The van der Waals surface area contributed by atoms with Crippen LogP contribution < -0.4 is 43.5 Å². The molecule has 2 aliphatic rings. The Morgan fingerprint density at radius 2 is 0.808 bits per heavy atom. The van der Waals surface area contributed by atoms with Gasteiger partial charge in [-0.3, -0.25) is 47.5 Å². The molecule has 20 nitrogen and oxygen atoms in total. The van der Waals surface area contributed by atoms with Crippen molar-refractivity contribution in [1.82, 2.24) is 38.2 Å². The van der Waals surface area contributed by atoms with Crippen LogP contribution in [-0.2, 0) is 19.2 Å². The number of ketones is 4. The van der Waals surface area contributed by atoms with Gasteiger partial charge >= 0.3 is 0 Å². The van der Waals surface area contributed by atoms with Crippen LogP contribution in [-0.4, -0.2) is 61.3 Å². The molecule has 0 aliphatic carbocycles. The number of aromatic nitrogens is 8. The lowest BCUT2D eigenvalue weighted by molar-refractivity contribution is -0.120. The number of para-hydroxylation sites is 6. The number of nitrogens with zero attached hydrogens (tertiary/aromatic N) is 6. The monoisotopic (exact) mass is 1050 g/mol. The van der Waals surface area contributed by atoms with Crippen molar-refractivity contribution < 1.29 is 19.2 Å². The molecule has 0 spiro atoms. The molecule has 10 aromatic rings. The third-order valence-corrected chi connectivity index (χ3v) is 14.1. The maximum Gasteiger partial charge on any atom is 0.279 e. The van der Waals surface area contributed by atoms with Crippen LogP contribution in [0.3, 0.4) is 0 Å². The molecule has 2 aliphatic heterocycles. The number of rotatable bonds is 8. The molecule has 0 fully saturated rings. The summed E-state index contributed by atoms with van der Waals surface area (Å²) in [5.74, 6) is 0.242. The van der Waals surface area contributed by atoms with E-state index in [1.54, 1.807) is 46.2 Å². The van der Waals surface area contributed by atoms with Crippen LogP contribution in [0.25, 0.3) is 43.7 Å². The van der Waals surface area contributed by atoms with Gasteiger partial charge in [0.25, 0.3) is 22.2 Å². The number of H-pyrrole nitrogens is 2. The van der Waals surface area contributed by atoms with Crippen molar-refractivity contribution in [2.45, 2.75) is 79.6 Å². The number of carbonyl (C=O) groups is 4. The van der Waals surface area contributed by atoms with Crippen LogP contribution in [0.1, 0.15) is 79.6 Å². The number of hydrogen-bond acceptors (Lipinski definition) is 14. The minimum absolute atomic E-state index is 0.0300. The molecule has 0 bridgehead atoms. The third kappa shape index (κ3) is 10.1. The maximum atomic E-state index is 12.5. The van der Waals surface area contributed by atoms with Crippen LogP contribution >= 0.6 is 0 Å². The van der Waals surface area contributed by atoms with E-state index in [0.717, 1.165) is 55.6 Å². The molecule has 20 heteroatoms. The van der Waals surface area contributed by atoms with Crippen LogP contribution in [0.15, 0.2) is 153 Å². The number of anilines is 8. The van der Waals surface area contributed by atoms with Gasteiger partial charge in [-0.2, -0.15) is 0 Å². The fraction of sp³-hybridized carbons (Fsp3) is 0.207. The van der Waals surface area contributed by atoms with Crippen molar-refractivity contribution in [3.8, 4) is 0 Å². The smallest absolute Gasteiger partial charge is 0.279 e. The number of benzene rings is 4. The number of aromatic amines is 2. The van der Waals surface area contributed by atoms with E-state index >= 15 is 0 Å².